The molecule has 2 heteroatoms. The molecule has 0 saturated heterocycles. The van der Waals surface area contributed by atoms with E-state index >= 15 is 0 Å². The molecule has 0 amide bonds. The lowest BCUT2D eigenvalue weighted by Gasteiger charge is -2.45. The van der Waals surface area contributed by atoms with E-state index in [2.05, 4.69) is 27.7 Å². The second kappa shape index (κ2) is 4.19. The highest BCUT2D eigenvalue weighted by Crippen LogP contribution is 2.42. The molecule has 0 aliphatic heterocycles. The lowest BCUT2D eigenvalue weighted by molar-refractivity contribution is -0.118. The third-order valence-electron chi connectivity index (χ3n) is 3.14. The molecular formula is C12H25NO. The third-order valence-corrected chi connectivity index (χ3v) is 3.14. The summed E-state index contributed by atoms with van der Waals surface area (Å²) in [5, 5.41) is 0. The van der Waals surface area contributed by atoms with Crippen molar-refractivity contribution >= 4 is 0 Å². The minimum Gasteiger partial charge on any atom is -0.371 e. The predicted octanol–water partition coefficient (Wildman–Crippen LogP) is 2.71. The van der Waals surface area contributed by atoms with Gasteiger partial charge in [-0.3, -0.25) is 0 Å². The van der Waals surface area contributed by atoms with Crippen molar-refractivity contribution in [2.75, 3.05) is 6.54 Å². The van der Waals surface area contributed by atoms with Gasteiger partial charge in [0.2, 0.25) is 0 Å². The average molecular weight is 199 g/mol. The summed E-state index contributed by atoms with van der Waals surface area (Å²) < 4.78 is 6.04. The summed E-state index contributed by atoms with van der Waals surface area (Å²) in [6, 6.07) is 0. The normalized spacial score (nSPS) is 32.1. The number of rotatable bonds is 3. The summed E-state index contributed by atoms with van der Waals surface area (Å²) in [5.74, 6) is 0. The highest BCUT2D eigenvalue weighted by atomic mass is 16.5. The number of nitrogens with two attached hydrogens (primary N) is 1. The fraction of sp³-hybridized carbons (Fsp3) is 1.00. The van der Waals surface area contributed by atoms with E-state index in [1.165, 1.54) is 12.8 Å². The number of ether oxygens (including phenoxy) is 1. The van der Waals surface area contributed by atoms with E-state index in [1.807, 2.05) is 0 Å². The number of hydrogen-bond donors (Lipinski definition) is 1. The third kappa shape index (κ3) is 2.96. The minimum absolute atomic E-state index is 0.0457. The Bertz CT molecular complexity index is 189. The van der Waals surface area contributed by atoms with Gasteiger partial charge in [-0.05, 0) is 38.5 Å². The first-order valence-corrected chi connectivity index (χ1v) is 5.77. The van der Waals surface area contributed by atoms with Crippen molar-refractivity contribution in [3.8, 4) is 0 Å². The molecule has 2 nitrogen and oxygen atoms in total. The first-order valence-electron chi connectivity index (χ1n) is 5.77. The van der Waals surface area contributed by atoms with E-state index in [1.54, 1.807) is 0 Å². The van der Waals surface area contributed by atoms with E-state index in [4.69, 9.17) is 10.5 Å². The monoisotopic (exact) mass is 199 g/mol. The van der Waals surface area contributed by atoms with Gasteiger partial charge in [-0.1, -0.05) is 20.3 Å². The van der Waals surface area contributed by atoms with Gasteiger partial charge in [0.15, 0.2) is 0 Å². The lowest BCUT2D eigenvalue weighted by Crippen LogP contribution is -2.48. The molecule has 14 heavy (non-hydrogen) atoms. The van der Waals surface area contributed by atoms with E-state index in [-0.39, 0.29) is 11.7 Å². The van der Waals surface area contributed by atoms with Crippen LogP contribution in [0.2, 0.25) is 0 Å². The Morgan fingerprint density at radius 1 is 1.29 bits per heavy atom. The molecule has 0 radical (unpaired) electrons. The van der Waals surface area contributed by atoms with Crippen LogP contribution in [-0.4, -0.2) is 18.2 Å². The van der Waals surface area contributed by atoms with Crippen LogP contribution >= 0.6 is 0 Å². The van der Waals surface area contributed by atoms with Crippen molar-refractivity contribution in [1.82, 2.24) is 0 Å². The molecule has 84 valence electrons. The number of hydrogen-bond acceptors (Lipinski definition) is 2. The molecule has 1 atom stereocenters. The summed E-state index contributed by atoms with van der Waals surface area (Å²) in [6.07, 6.45) is 5.07. The fourth-order valence-corrected chi connectivity index (χ4v) is 2.76. The topological polar surface area (TPSA) is 35.2 Å². The Kier molecular flexibility index (Phi) is 3.59. The van der Waals surface area contributed by atoms with Crippen LogP contribution in [0.25, 0.3) is 0 Å². The van der Waals surface area contributed by atoms with Gasteiger partial charge in [-0.2, -0.15) is 0 Å². The van der Waals surface area contributed by atoms with Crippen LogP contribution in [0.3, 0.4) is 0 Å². The highest BCUT2D eigenvalue weighted by molar-refractivity contribution is 4.93. The van der Waals surface area contributed by atoms with Crippen LogP contribution < -0.4 is 5.73 Å². The molecule has 2 N–H and O–H groups in total. The van der Waals surface area contributed by atoms with Crippen molar-refractivity contribution in [3.63, 3.8) is 0 Å². The van der Waals surface area contributed by atoms with Crippen molar-refractivity contribution in [3.05, 3.63) is 0 Å². The molecule has 0 heterocycles. The van der Waals surface area contributed by atoms with Crippen LogP contribution in [0.5, 0.6) is 0 Å². The minimum atomic E-state index is -0.0457. The zero-order chi connectivity index (χ0) is 10.8. The lowest BCUT2D eigenvalue weighted by atomic mass is 9.69. The molecule has 0 aromatic carbocycles. The maximum absolute atomic E-state index is 6.04. The predicted molar refractivity (Wildman–Crippen MR) is 60.3 cm³/mol. The van der Waals surface area contributed by atoms with Gasteiger partial charge in [0.25, 0.3) is 0 Å². The summed E-state index contributed by atoms with van der Waals surface area (Å²) in [4.78, 5) is 0. The quantitative estimate of drug-likeness (QED) is 0.758. The van der Waals surface area contributed by atoms with Gasteiger partial charge in [-0.25, -0.2) is 0 Å². The molecule has 0 aromatic rings. The molecule has 1 rings (SSSR count). The molecule has 1 saturated carbocycles. The zero-order valence-corrected chi connectivity index (χ0v) is 10.1. The van der Waals surface area contributed by atoms with Crippen LogP contribution in [0.4, 0.5) is 0 Å². The van der Waals surface area contributed by atoms with Crippen LogP contribution in [0.15, 0.2) is 0 Å². The van der Waals surface area contributed by atoms with Gasteiger partial charge < -0.3 is 10.5 Å². The molecule has 1 aliphatic carbocycles. The average Bonchev–Trinajstić information content (AvgIpc) is 2.01. The molecule has 1 aliphatic rings. The van der Waals surface area contributed by atoms with Crippen LogP contribution in [0.1, 0.15) is 53.4 Å². The van der Waals surface area contributed by atoms with Gasteiger partial charge in [-0.15, -0.1) is 0 Å². The van der Waals surface area contributed by atoms with Crippen molar-refractivity contribution in [1.29, 1.82) is 0 Å². The molecule has 0 spiro atoms. The Hall–Kier alpha value is -0.0800. The van der Waals surface area contributed by atoms with Gasteiger partial charge in [0, 0.05) is 6.54 Å². The van der Waals surface area contributed by atoms with Crippen LogP contribution in [0, 0.1) is 5.41 Å². The van der Waals surface area contributed by atoms with Crippen molar-refractivity contribution < 1.29 is 4.74 Å². The van der Waals surface area contributed by atoms with E-state index in [9.17, 15) is 0 Å². The summed E-state index contributed by atoms with van der Waals surface area (Å²) >= 11 is 0. The summed E-state index contributed by atoms with van der Waals surface area (Å²) in [5.41, 5.74) is 6.23. The maximum Gasteiger partial charge on any atom is 0.0812 e. The molecular weight excluding hydrogens is 174 g/mol. The standard InChI is InChI=1S/C12H25NO/c1-10(2)14-12(9-13)7-5-6-11(3,4)8-12/h10H,5-9,13H2,1-4H3. The molecule has 0 aromatic heterocycles. The van der Waals surface area contributed by atoms with E-state index < -0.39 is 0 Å². The summed E-state index contributed by atoms with van der Waals surface area (Å²) in [6.45, 7) is 9.49. The Balaban J connectivity index is 2.68. The Labute approximate surface area is 88.2 Å². The van der Waals surface area contributed by atoms with E-state index in [0.717, 1.165) is 12.8 Å². The largest absolute Gasteiger partial charge is 0.371 e. The first kappa shape index (κ1) is 12.0. The van der Waals surface area contributed by atoms with Crippen molar-refractivity contribution in [2.45, 2.75) is 65.1 Å². The smallest absolute Gasteiger partial charge is 0.0812 e. The molecule has 1 unspecified atom stereocenters. The molecule has 0 bridgehead atoms. The SMILES string of the molecule is CC(C)OC1(CN)CCCC(C)(C)C1. The fourth-order valence-electron chi connectivity index (χ4n) is 2.76. The highest BCUT2D eigenvalue weighted by Gasteiger charge is 2.40. The van der Waals surface area contributed by atoms with E-state index in [0.29, 0.717) is 12.0 Å². The Morgan fingerprint density at radius 3 is 2.36 bits per heavy atom. The van der Waals surface area contributed by atoms with Crippen LogP contribution in [-0.2, 0) is 4.74 Å². The maximum atomic E-state index is 6.04. The molecule has 1 fully saturated rings. The van der Waals surface area contributed by atoms with Gasteiger partial charge in [0.05, 0.1) is 11.7 Å². The van der Waals surface area contributed by atoms with Gasteiger partial charge >= 0.3 is 0 Å². The van der Waals surface area contributed by atoms with Crippen molar-refractivity contribution in [2.24, 2.45) is 11.1 Å². The van der Waals surface area contributed by atoms with Gasteiger partial charge in [0.1, 0.15) is 0 Å². The first-order chi connectivity index (χ1) is 6.39. The Morgan fingerprint density at radius 2 is 1.93 bits per heavy atom. The summed E-state index contributed by atoms with van der Waals surface area (Å²) in [7, 11) is 0. The zero-order valence-electron chi connectivity index (χ0n) is 10.1. The second-order valence-electron chi connectivity index (χ2n) is 5.75. The second-order valence-corrected chi connectivity index (χ2v) is 5.75.